The van der Waals surface area contributed by atoms with Crippen LogP contribution >= 0.6 is 47.2 Å². The minimum atomic E-state index is -0.258. The van der Waals surface area contributed by atoms with Crippen molar-refractivity contribution in [2.24, 2.45) is 0 Å². The SMILES string of the molecule is COc1ccccc1C=C1SC(=S)N(CCC(=O)Nc2ccc(Cl)c(Cl)c2)C1=O. The Morgan fingerprint density at radius 1 is 1.24 bits per heavy atom. The van der Waals surface area contributed by atoms with Crippen LogP contribution in [0.2, 0.25) is 10.0 Å². The number of ether oxygens (including phenoxy) is 1. The van der Waals surface area contributed by atoms with Crippen LogP contribution in [-0.4, -0.2) is 34.7 Å². The molecule has 5 nitrogen and oxygen atoms in total. The van der Waals surface area contributed by atoms with Crippen LogP contribution < -0.4 is 10.1 Å². The van der Waals surface area contributed by atoms with Gasteiger partial charge in [-0.2, -0.15) is 0 Å². The summed E-state index contributed by atoms with van der Waals surface area (Å²) in [5.74, 6) is 0.179. The number of carbonyl (C=O) groups excluding carboxylic acids is 2. The topological polar surface area (TPSA) is 58.6 Å². The number of benzene rings is 2. The molecule has 150 valence electrons. The van der Waals surface area contributed by atoms with Crippen molar-refractivity contribution in [2.45, 2.75) is 6.42 Å². The van der Waals surface area contributed by atoms with Crippen LogP contribution in [0.3, 0.4) is 0 Å². The van der Waals surface area contributed by atoms with Crippen LogP contribution in [0, 0.1) is 0 Å². The number of thiocarbonyl (C=S) groups is 1. The Morgan fingerprint density at radius 3 is 2.72 bits per heavy atom. The number of nitrogens with zero attached hydrogens (tertiary/aromatic N) is 1. The van der Waals surface area contributed by atoms with Crippen LogP contribution in [0.4, 0.5) is 5.69 Å². The summed E-state index contributed by atoms with van der Waals surface area (Å²) in [6, 6.07) is 12.2. The number of hydrogen-bond donors (Lipinski definition) is 1. The molecular weight excluding hydrogens is 451 g/mol. The van der Waals surface area contributed by atoms with Crippen molar-refractivity contribution in [1.29, 1.82) is 0 Å². The van der Waals surface area contributed by atoms with Gasteiger partial charge in [-0.05, 0) is 30.3 Å². The van der Waals surface area contributed by atoms with Crippen molar-refractivity contribution in [3.8, 4) is 5.75 Å². The maximum Gasteiger partial charge on any atom is 0.266 e. The zero-order valence-electron chi connectivity index (χ0n) is 15.3. The second-order valence-corrected chi connectivity index (χ2v) is 8.49. The molecule has 1 fully saturated rings. The number of thioether (sulfide) groups is 1. The summed E-state index contributed by atoms with van der Waals surface area (Å²) in [7, 11) is 1.57. The zero-order valence-corrected chi connectivity index (χ0v) is 18.4. The molecule has 1 aliphatic rings. The molecule has 3 rings (SSSR count). The van der Waals surface area contributed by atoms with E-state index in [9.17, 15) is 9.59 Å². The van der Waals surface area contributed by atoms with Gasteiger partial charge in [-0.15, -0.1) is 0 Å². The third kappa shape index (κ3) is 5.30. The van der Waals surface area contributed by atoms with Gasteiger partial charge in [0, 0.05) is 24.2 Å². The van der Waals surface area contributed by atoms with Crippen LogP contribution in [0.25, 0.3) is 6.08 Å². The number of nitrogens with one attached hydrogen (secondary N) is 1. The molecular formula is C20H16Cl2N2O3S2. The van der Waals surface area contributed by atoms with E-state index in [1.165, 1.54) is 16.7 Å². The van der Waals surface area contributed by atoms with Gasteiger partial charge in [-0.3, -0.25) is 14.5 Å². The number of halogens is 2. The van der Waals surface area contributed by atoms with E-state index in [1.807, 2.05) is 24.3 Å². The van der Waals surface area contributed by atoms with Gasteiger partial charge in [-0.25, -0.2) is 0 Å². The van der Waals surface area contributed by atoms with Crippen LogP contribution in [0.5, 0.6) is 5.75 Å². The number of para-hydroxylation sites is 1. The van der Waals surface area contributed by atoms with Crippen LogP contribution in [0.15, 0.2) is 47.4 Å². The zero-order chi connectivity index (χ0) is 21.0. The molecule has 1 heterocycles. The van der Waals surface area contributed by atoms with Gasteiger partial charge in [0.05, 0.1) is 22.1 Å². The quantitative estimate of drug-likeness (QED) is 0.466. The Morgan fingerprint density at radius 2 is 2.00 bits per heavy atom. The summed E-state index contributed by atoms with van der Waals surface area (Å²) < 4.78 is 5.73. The Bertz CT molecular complexity index is 1010. The normalized spacial score (nSPS) is 15.1. The fourth-order valence-corrected chi connectivity index (χ4v) is 4.23. The lowest BCUT2D eigenvalue weighted by Gasteiger charge is -2.14. The third-order valence-corrected chi connectivity index (χ3v) is 6.18. The molecule has 1 N–H and O–H groups in total. The minimum Gasteiger partial charge on any atom is -0.496 e. The molecule has 29 heavy (non-hydrogen) atoms. The lowest BCUT2D eigenvalue weighted by Crippen LogP contribution is -2.31. The Kier molecular flexibility index (Phi) is 7.18. The smallest absolute Gasteiger partial charge is 0.266 e. The summed E-state index contributed by atoms with van der Waals surface area (Å²) in [5.41, 5.74) is 1.32. The fourth-order valence-electron chi connectivity index (χ4n) is 2.63. The molecule has 0 bridgehead atoms. The second kappa shape index (κ2) is 9.63. The minimum absolute atomic E-state index is 0.0919. The highest BCUT2D eigenvalue weighted by atomic mass is 35.5. The number of anilines is 1. The molecule has 0 aliphatic carbocycles. The molecule has 0 aromatic heterocycles. The van der Waals surface area contributed by atoms with Crippen LogP contribution in [-0.2, 0) is 9.59 Å². The van der Waals surface area contributed by atoms with Crippen molar-refractivity contribution in [1.82, 2.24) is 4.90 Å². The highest BCUT2D eigenvalue weighted by Crippen LogP contribution is 2.34. The summed E-state index contributed by atoms with van der Waals surface area (Å²) >= 11 is 18.3. The predicted octanol–water partition coefficient (Wildman–Crippen LogP) is 5.23. The van der Waals surface area contributed by atoms with Gasteiger partial charge in [-0.1, -0.05) is 65.4 Å². The van der Waals surface area contributed by atoms with E-state index >= 15 is 0 Å². The first-order valence-electron chi connectivity index (χ1n) is 8.52. The molecule has 2 amide bonds. The van der Waals surface area contributed by atoms with E-state index in [4.69, 9.17) is 40.2 Å². The van der Waals surface area contributed by atoms with Gasteiger partial charge in [0.15, 0.2) is 0 Å². The number of hydrogen-bond acceptors (Lipinski definition) is 5. The largest absolute Gasteiger partial charge is 0.496 e. The molecule has 0 unspecified atom stereocenters. The van der Waals surface area contributed by atoms with Crippen molar-refractivity contribution in [2.75, 3.05) is 19.0 Å². The highest BCUT2D eigenvalue weighted by molar-refractivity contribution is 8.26. The highest BCUT2D eigenvalue weighted by Gasteiger charge is 2.32. The predicted molar refractivity (Wildman–Crippen MR) is 123 cm³/mol. The summed E-state index contributed by atoms with van der Waals surface area (Å²) in [6.45, 7) is 0.182. The summed E-state index contributed by atoms with van der Waals surface area (Å²) in [5, 5.41) is 3.48. The molecule has 1 saturated heterocycles. The lowest BCUT2D eigenvalue weighted by molar-refractivity contribution is -0.122. The fraction of sp³-hybridized carbons (Fsp3) is 0.150. The average Bonchev–Trinajstić information content (AvgIpc) is 2.96. The second-order valence-electron chi connectivity index (χ2n) is 6.00. The van der Waals surface area contributed by atoms with E-state index in [0.717, 1.165) is 5.56 Å². The van der Waals surface area contributed by atoms with E-state index in [2.05, 4.69) is 5.32 Å². The molecule has 0 atom stereocenters. The van der Waals surface area contributed by atoms with Gasteiger partial charge < -0.3 is 10.1 Å². The van der Waals surface area contributed by atoms with Gasteiger partial charge in [0.1, 0.15) is 10.1 Å². The number of rotatable bonds is 6. The molecule has 2 aromatic carbocycles. The molecule has 2 aromatic rings. The molecule has 0 spiro atoms. The lowest BCUT2D eigenvalue weighted by atomic mass is 10.2. The Hall–Kier alpha value is -2.06. The first-order chi connectivity index (χ1) is 13.9. The average molecular weight is 467 g/mol. The maximum atomic E-state index is 12.7. The summed E-state index contributed by atoms with van der Waals surface area (Å²) in [4.78, 5) is 26.9. The first-order valence-corrected chi connectivity index (χ1v) is 10.5. The Balaban J connectivity index is 1.63. The van der Waals surface area contributed by atoms with E-state index < -0.39 is 0 Å². The van der Waals surface area contributed by atoms with Gasteiger partial charge in [0.2, 0.25) is 5.91 Å². The molecule has 0 radical (unpaired) electrons. The molecule has 9 heteroatoms. The number of carbonyl (C=O) groups is 2. The van der Waals surface area contributed by atoms with Crippen molar-refractivity contribution < 1.29 is 14.3 Å². The molecule has 0 saturated carbocycles. The maximum absolute atomic E-state index is 12.7. The van der Waals surface area contributed by atoms with Crippen LogP contribution in [0.1, 0.15) is 12.0 Å². The van der Waals surface area contributed by atoms with Crippen molar-refractivity contribution in [3.63, 3.8) is 0 Å². The van der Waals surface area contributed by atoms with Crippen molar-refractivity contribution in [3.05, 3.63) is 63.0 Å². The van der Waals surface area contributed by atoms with E-state index in [0.29, 0.717) is 30.7 Å². The third-order valence-electron chi connectivity index (χ3n) is 4.06. The standard InChI is InChI=1S/C20H16Cl2N2O3S2/c1-27-16-5-3-2-4-12(16)10-17-19(26)24(20(28)29-17)9-8-18(25)23-13-6-7-14(21)15(22)11-13/h2-7,10-11H,8-9H2,1H3,(H,23,25). The molecule has 1 aliphatic heterocycles. The monoisotopic (exact) mass is 466 g/mol. The van der Waals surface area contributed by atoms with E-state index in [1.54, 1.807) is 31.4 Å². The van der Waals surface area contributed by atoms with Gasteiger partial charge in [0.25, 0.3) is 5.91 Å². The van der Waals surface area contributed by atoms with Crippen molar-refractivity contribution >= 4 is 75.1 Å². The van der Waals surface area contributed by atoms with E-state index in [-0.39, 0.29) is 24.8 Å². The summed E-state index contributed by atoms with van der Waals surface area (Å²) in [6.07, 6.45) is 1.84. The number of amides is 2. The first kappa shape index (κ1) is 21.6. The Labute approximate surface area is 188 Å². The number of methoxy groups -OCH3 is 1. The van der Waals surface area contributed by atoms with Gasteiger partial charge >= 0.3 is 0 Å².